The molecule has 1 N–H and O–H groups in total. The standard InChI is InChI=1S/C21H33F4N3/c1-12(26-20-14(22)6-3-7-15(20)23)18-10-5-11-19(28-18)13(2)27-21-16(24)8-4-9-17(21)25/h14-21,28H,3-11H2,1-2H3. The van der Waals surface area contributed by atoms with Crippen molar-refractivity contribution >= 4 is 11.4 Å². The van der Waals surface area contributed by atoms with Crippen LogP contribution in [0.3, 0.4) is 0 Å². The molecule has 0 bridgehead atoms. The molecule has 6 atom stereocenters. The third-order valence-electron chi connectivity index (χ3n) is 6.50. The van der Waals surface area contributed by atoms with E-state index in [9.17, 15) is 17.6 Å². The van der Waals surface area contributed by atoms with Gasteiger partial charge >= 0.3 is 0 Å². The Morgan fingerprint density at radius 3 is 1.29 bits per heavy atom. The van der Waals surface area contributed by atoms with Crippen LogP contribution in [0.15, 0.2) is 9.98 Å². The molecule has 0 aromatic rings. The fourth-order valence-corrected chi connectivity index (χ4v) is 4.72. The molecule has 0 aromatic heterocycles. The zero-order valence-electron chi connectivity index (χ0n) is 16.9. The molecule has 2 aliphatic carbocycles. The van der Waals surface area contributed by atoms with Gasteiger partial charge in [-0.3, -0.25) is 9.98 Å². The Morgan fingerprint density at radius 2 is 0.929 bits per heavy atom. The van der Waals surface area contributed by atoms with Gasteiger partial charge in [-0.25, -0.2) is 17.6 Å². The van der Waals surface area contributed by atoms with E-state index in [0.29, 0.717) is 49.9 Å². The van der Waals surface area contributed by atoms with Crippen molar-refractivity contribution in [2.75, 3.05) is 0 Å². The maximum atomic E-state index is 14.1. The van der Waals surface area contributed by atoms with E-state index in [1.807, 2.05) is 13.8 Å². The van der Waals surface area contributed by atoms with Gasteiger partial charge in [-0.1, -0.05) is 0 Å². The summed E-state index contributed by atoms with van der Waals surface area (Å²) in [5.74, 6) is 0. The summed E-state index contributed by atoms with van der Waals surface area (Å²) >= 11 is 0. The summed E-state index contributed by atoms with van der Waals surface area (Å²) in [7, 11) is 0. The van der Waals surface area contributed by atoms with Crippen LogP contribution in [0.2, 0.25) is 0 Å². The van der Waals surface area contributed by atoms with Crippen LogP contribution in [0.4, 0.5) is 17.6 Å². The Hall–Kier alpha value is -0.980. The number of nitrogens with zero attached hydrogens (tertiary/aromatic N) is 2. The van der Waals surface area contributed by atoms with E-state index in [4.69, 9.17) is 0 Å². The molecule has 6 unspecified atom stereocenters. The SMILES string of the molecule is CC(=NC1C(F)CCCC1F)C1CCCC(C(C)=NC2C(F)CCCC2F)N1. The highest BCUT2D eigenvalue weighted by Gasteiger charge is 2.36. The molecule has 1 saturated heterocycles. The van der Waals surface area contributed by atoms with Crippen molar-refractivity contribution in [2.24, 2.45) is 9.98 Å². The van der Waals surface area contributed by atoms with Gasteiger partial charge in [-0.2, -0.15) is 0 Å². The van der Waals surface area contributed by atoms with Gasteiger partial charge in [0.05, 0.1) is 0 Å². The lowest BCUT2D eigenvalue weighted by atomic mass is 9.90. The molecule has 0 amide bonds. The number of hydrogen-bond donors (Lipinski definition) is 1. The maximum absolute atomic E-state index is 14.1. The van der Waals surface area contributed by atoms with Crippen molar-refractivity contribution < 1.29 is 17.6 Å². The number of halogens is 4. The highest BCUT2D eigenvalue weighted by Crippen LogP contribution is 2.29. The third kappa shape index (κ3) is 5.14. The van der Waals surface area contributed by atoms with Crippen molar-refractivity contribution in [3.8, 4) is 0 Å². The van der Waals surface area contributed by atoms with E-state index in [0.717, 1.165) is 19.3 Å². The third-order valence-corrected chi connectivity index (χ3v) is 6.50. The lowest BCUT2D eigenvalue weighted by molar-refractivity contribution is 0.128. The Morgan fingerprint density at radius 1 is 0.607 bits per heavy atom. The lowest BCUT2D eigenvalue weighted by Gasteiger charge is -2.34. The number of hydrogen-bond acceptors (Lipinski definition) is 3. The smallest absolute Gasteiger partial charge is 0.125 e. The minimum atomic E-state index is -1.23. The number of rotatable bonds is 4. The first kappa shape index (κ1) is 21.7. The molecule has 3 rings (SSSR count). The number of aliphatic imine (C=N–C) groups is 2. The van der Waals surface area contributed by atoms with Gasteiger partial charge in [0.15, 0.2) is 0 Å². The molecule has 0 radical (unpaired) electrons. The molecule has 3 fully saturated rings. The second-order valence-corrected chi connectivity index (χ2v) is 8.65. The molecule has 0 spiro atoms. The van der Waals surface area contributed by atoms with Gasteiger partial charge in [0.2, 0.25) is 0 Å². The molecule has 0 aromatic carbocycles. The van der Waals surface area contributed by atoms with Gasteiger partial charge in [0, 0.05) is 23.5 Å². The van der Waals surface area contributed by atoms with E-state index in [1.54, 1.807) is 0 Å². The van der Waals surface area contributed by atoms with Gasteiger partial charge in [0.1, 0.15) is 36.8 Å². The van der Waals surface area contributed by atoms with E-state index >= 15 is 0 Å². The molecular weight excluding hydrogens is 370 g/mol. The van der Waals surface area contributed by atoms with Crippen molar-refractivity contribution in [3.05, 3.63) is 0 Å². The second kappa shape index (κ2) is 9.68. The van der Waals surface area contributed by atoms with Crippen molar-refractivity contribution in [2.45, 2.75) is 120 Å². The normalized spacial score (nSPS) is 43.8. The van der Waals surface area contributed by atoms with E-state index in [1.165, 1.54) is 0 Å². The van der Waals surface area contributed by atoms with Gasteiger partial charge in [-0.15, -0.1) is 0 Å². The van der Waals surface area contributed by atoms with Crippen LogP contribution >= 0.6 is 0 Å². The van der Waals surface area contributed by atoms with E-state index < -0.39 is 36.8 Å². The first-order valence-corrected chi connectivity index (χ1v) is 10.8. The fourth-order valence-electron chi connectivity index (χ4n) is 4.72. The predicted molar refractivity (Wildman–Crippen MR) is 106 cm³/mol. The van der Waals surface area contributed by atoms with Crippen molar-refractivity contribution in [3.63, 3.8) is 0 Å². The average Bonchev–Trinajstić information content (AvgIpc) is 2.67. The summed E-state index contributed by atoms with van der Waals surface area (Å²) in [4.78, 5) is 8.80. The quantitative estimate of drug-likeness (QED) is 0.527. The predicted octanol–water partition coefficient (Wildman–Crippen LogP) is 4.88. The molecule has 3 nitrogen and oxygen atoms in total. The van der Waals surface area contributed by atoms with Gasteiger partial charge in [-0.05, 0) is 71.6 Å². The zero-order chi connectivity index (χ0) is 20.3. The lowest BCUT2D eigenvalue weighted by Crippen LogP contribution is -2.50. The summed E-state index contributed by atoms with van der Waals surface area (Å²) in [6.45, 7) is 3.63. The Kier molecular flexibility index (Phi) is 7.51. The number of piperidine rings is 1. The Balaban J connectivity index is 1.66. The van der Waals surface area contributed by atoms with Crippen LogP contribution in [0.25, 0.3) is 0 Å². The molecule has 1 heterocycles. The summed E-state index contributed by atoms with van der Waals surface area (Å²) in [5, 5.41) is 3.44. The van der Waals surface area contributed by atoms with Crippen LogP contribution in [0.5, 0.6) is 0 Å². The summed E-state index contributed by atoms with van der Waals surface area (Å²) < 4.78 is 56.4. The number of alkyl halides is 4. The monoisotopic (exact) mass is 403 g/mol. The minimum Gasteiger partial charge on any atom is -0.301 e. The summed E-state index contributed by atoms with van der Waals surface area (Å²) in [6.07, 6.45) is 0.273. The molecule has 7 heteroatoms. The highest BCUT2D eigenvalue weighted by atomic mass is 19.2. The zero-order valence-corrected chi connectivity index (χ0v) is 16.9. The van der Waals surface area contributed by atoms with Crippen LogP contribution < -0.4 is 5.32 Å². The van der Waals surface area contributed by atoms with Gasteiger partial charge in [0.25, 0.3) is 0 Å². The summed E-state index contributed by atoms with van der Waals surface area (Å²) in [6, 6.07) is -1.99. The van der Waals surface area contributed by atoms with E-state index in [2.05, 4.69) is 15.3 Å². The fraction of sp³-hybridized carbons (Fsp3) is 0.905. The van der Waals surface area contributed by atoms with Crippen LogP contribution in [-0.2, 0) is 0 Å². The van der Waals surface area contributed by atoms with Gasteiger partial charge < -0.3 is 5.32 Å². The van der Waals surface area contributed by atoms with Crippen LogP contribution in [0.1, 0.15) is 71.6 Å². The topological polar surface area (TPSA) is 36.8 Å². The minimum absolute atomic E-state index is 0.0843. The number of nitrogens with one attached hydrogen (secondary N) is 1. The van der Waals surface area contributed by atoms with Crippen molar-refractivity contribution in [1.29, 1.82) is 0 Å². The second-order valence-electron chi connectivity index (χ2n) is 8.65. The Labute approximate surface area is 165 Å². The molecule has 28 heavy (non-hydrogen) atoms. The molecule has 3 aliphatic rings. The molecule has 2 saturated carbocycles. The summed E-state index contributed by atoms with van der Waals surface area (Å²) in [5.41, 5.74) is 1.42. The molecular formula is C21H33F4N3. The largest absolute Gasteiger partial charge is 0.301 e. The highest BCUT2D eigenvalue weighted by molar-refractivity contribution is 5.91. The van der Waals surface area contributed by atoms with Crippen LogP contribution in [-0.4, -0.2) is 60.3 Å². The average molecular weight is 404 g/mol. The Bertz CT molecular complexity index is 514. The first-order valence-electron chi connectivity index (χ1n) is 10.8. The maximum Gasteiger partial charge on any atom is 0.125 e. The molecule has 1 aliphatic heterocycles. The van der Waals surface area contributed by atoms with Crippen LogP contribution in [0, 0.1) is 0 Å². The molecule has 160 valence electrons. The van der Waals surface area contributed by atoms with E-state index in [-0.39, 0.29) is 12.1 Å². The van der Waals surface area contributed by atoms with Crippen molar-refractivity contribution in [1.82, 2.24) is 5.32 Å². The first-order chi connectivity index (χ1) is 13.4.